The summed E-state index contributed by atoms with van der Waals surface area (Å²) in [6.07, 6.45) is 6.56. The van der Waals surface area contributed by atoms with E-state index in [4.69, 9.17) is 10.5 Å². The molecule has 2 N–H and O–H groups in total. The summed E-state index contributed by atoms with van der Waals surface area (Å²) < 4.78 is 5.15. The van der Waals surface area contributed by atoms with Crippen LogP contribution in [-0.2, 0) is 4.74 Å². The summed E-state index contributed by atoms with van der Waals surface area (Å²) in [6.45, 7) is 4.18. The molecule has 0 radical (unpaired) electrons. The Balaban J connectivity index is 3.00. The quantitative estimate of drug-likeness (QED) is 0.600. The zero-order valence-electron chi connectivity index (χ0n) is 8.68. The lowest BCUT2D eigenvalue weighted by atomic mass is 10.1. The highest BCUT2D eigenvalue weighted by Gasteiger charge is 1.99. The summed E-state index contributed by atoms with van der Waals surface area (Å²) in [5, 5.41) is 0. The lowest BCUT2D eigenvalue weighted by Crippen LogP contribution is -2.14. The third-order valence-electron chi connectivity index (χ3n) is 2.17. The Morgan fingerprint density at radius 1 is 1.08 bits per heavy atom. The van der Waals surface area contributed by atoms with Gasteiger partial charge in [0.25, 0.3) is 0 Å². The van der Waals surface area contributed by atoms with Gasteiger partial charge in [0.2, 0.25) is 0 Å². The maximum atomic E-state index is 5.64. The molecule has 2 atom stereocenters. The molecule has 0 fully saturated rings. The molecule has 2 unspecified atom stereocenters. The molecule has 0 aliphatic rings. The van der Waals surface area contributed by atoms with E-state index in [0.717, 1.165) is 6.42 Å². The summed E-state index contributed by atoms with van der Waals surface area (Å²) in [6, 6.07) is 0.366. The first-order valence-electron chi connectivity index (χ1n) is 4.95. The normalized spacial score (nSPS) is 16.0. The second-order valence-corrected chi connectivity index (χ2v) is 3.66. The van der Waals surface area contributed by atoms with E-state index in [1.165, 1.54) is 25.7 Å². The van der Waals surface area contributed by atoms with Crippen molar-refractivity contribution in [3.05, 3.63) is 0 Å². The van der Waals surface area contributed by atoms with Crippen molar-refractivity contribution in [3.63, 3.8) is 0 Å². The van der Waals surface area contributed by atoms with Gasteiger partial charge in [-0.25, -0.2) is 0 Å². The van der Waals surface area contributed by atoms with Gasteiger partial charge in [0.1, 0.15) is 0 Å². The molecule has 74 valence electrons. The molecule has 0 aliphatic heterocycles. The topological polar surface area (TPSA) is 35.2 Å². The van der Waals surface area contributed by atoms with E-state index in [2.05, 4.69) is 13.8 Å². The van der Waals surface area contributed by atoms with Crippen LogP contribution in [0.4, 0.5) is 0 Å². The average Bonchev–Trinajstić information content (AvgIpc) is 2.03. The molecule has 0 spiro atoms. The first kappa shape index (κ1) is 11.9. The van der Waals surface area contributed by atoms with Crippen molar-refractivity contribution in [1.29, 1.82) is 0 Å². The highest BCUT2D eigenvalue weighted by atomic mass is 16.5. The van der Waals surface area contributed by atoms with Crippen LogP contribution in [0.5, 0.6) is 0 Å². The van der Waals surface area contributed by atoms with E-state index >= 15 is 0 Å². The van der Waals surface area contributed by atoms with Gasteiger partial charge < -0.3 is 10.5 Å². The number of methoxy groups -OCH3 is 1. The maximum absolute atomic E-state index is 5.64. The molecule has 0 saturated carbocycles. The molecule has 12 heavy (non-hydrogen) atoms. The van der Waals surface area contributed by atoms with Crippen LogP contribution in [-0.4, -0.2) is 19.3 Å². The standard InChI is InChI=1S/C10H23NO/c1-9(11)7-5-4-6-8-10(2)12-3/h9-10H,4-8,11H2,1-3H3. The van der Waals surface area contributed by atoms with Crippen molar-refractivity contribution in [1.82, 2.24) is 0 Å². The molecule has 2 nitrogen and oxygen atoms in total. The lowest BCUT2D eigenvalue weighted by Gasteiger charge is -2.09. The summed E-state index contributed by atoms with van der Waals surface area (Å²) in [4.78, 5) is 0. The Morgan fingerprint density at radius 2 is 1.67 bits per heavy atom. The summed E-state index contributed by atoms with van der Waals surface area (Å²) in [5.74, 6) is 0. The van der Waals surface area contributed by atoms with Crippen LogP contribution in [0.15, 0.2) is 0 Å². The van der Waals surface area contributed by atoms with Gasteiger partial charge in [0.15, 0.2) is 0 Å². The third-order valence-corrected chi connectivity index (χ3v) is 2.17. The monoisotopic (exact) mass is 173 g/mol. The number of hydrogen-bond acceptors (Lipinski definition) is 2. The van der Waals surface area contributed by atoms with Crippen LogP contribution in [0.3, 0.4) is 0 Å². The Bertz CT molecular complexity index is 93.8. The predicted octanol–water partition coefficient (Wildman–Crippen LogP) is 2.32. The largest absolute Gasteiger partial charge is 0.382 e. The van der Waals surface area contributed by atoms with Crippen molar-refractivity contribution >= 4 is 0 Å². The molecule has 0 aromatic rings. The van der Waals surface area contributed by atoms with Crippen LogP contribution >= 0.6 is 0 Å². The van der Waals surface area contributed by atoms with Crippen molar-refractivity contribution in [3.8, 4) is 0 Å². The van der Waals surface area contributed by atoms with Gasteiger partial charge in [-0.1, -0.05) is 19.3 Å². The van der Waals surface area contributed by atoms with Crippen LogP contribution < -0.4 is 5.73 Å². The van der Waals surface area contributed by atoms with Gasteiger partial charge >= 0.3 is 0 Å². The fraction of sp³-hybridized carbons (Fsp3) is 1.00. The number of nitrogens with two attached hydrogens (primary N) is 1. The van der Waals surface area contributed by atoms with Gasteiger partial charge in [-0.2, -0.15) is 0 Å². The Labute approximate surface area is 76.5 Å². The molecule has 0 aliphatic carbocycles. The van der Waals surface area contributed by atoms with E-state index in [-0.39, 0.29) is 0 Å². The number of hydrogen-bond donors (Lipinski definition) is 1. The van der Waals surface area contributed by atoms with Gasteiger partial charge in [0, 0.05) is 13.2 Å². The van der Waals surface area contributed by atoms with Crippen molar-refractivity contribution < 1.29 is 4.74 Å². The Hall–Kier alpha value is -0.0800. The van der Waals surface area contributed by atoms with E-state index in [9.17, 15) is 0 Å². The van der Waals surface area contributed by atoms with Crippen LogP contribution in [0.1, 0.15) is 46.0 Å². The highest BCUT2D eigenvalue weighted by Crippen LogP contribution is 2.07. The van der Waals surface area contributed by atoms with Crippen LogP contribution in [0.2, 0.25) is 0 Å². The first-order chi connectivity index (χ1) is 5.66. The fourth-order valence-electron chi connectivity index (χ4n) is 1.19. The van der Waals surface area contributed by atoms with Gasteiger partial charge in [0.05, 0.1) is 6.10 Å². The second-order valence-electron chi connectivity index (χ2n) is 3.66. The van der Waals surface area contributed by atoms with E-state index in [1.807, 2.05) is 0 Å². The molecule has 0 saturated heterocycles. The van der Waals surface area contributed by atoms with Crippen LogP contribution in [0, 0.1) is 0 Å². The number of ether oxygens (including phenoxy) is 1. The van der Waals surface area contributed by atoms with E-state index < -0.39 is 0 Å². The Kier molecular flexibility index (Phi) is 7.51. The van der Waals surface area contributed by atoms with Crippen LogP contribution in [0.25, 0.3) is 0 Å². The fourth-order valence-corrected chi connectivity index (χ4v) is 1.19. The molecule has 0 rings (SSSR count). The molecule has 0 aromatic carbocycles. The minimum Gasteiger partial charge on any atom is -0.382 e. The number of unbranched alkanes of at least 4 members (excludes halogenated alkanes) is 2. The lowest BCUT2D eigenvalue weighted by molar-refractivity contribution is 0.108. The molecule has 0 bridgehead atoms. The maximum Gasteiger partial charge on any atom is 0.0543 e. The zero-order valence-corrected chi connectivity index (χ0v) is 8.68. The molecular weight excluding hydrogens is 150 g/mol. The third kappa shape index (κ3) is 8.02. The highest BCUT2D eigenvalue weighted by molar-refractivity contribution is 4.55. The molecular formula is C10H23NO. The first-order valence-corrected chi connectivity index (χ1v) is 4.95. The van der Waals surface area contributed by atoms with E-state index in [0.29, 0.717) is 12.1 Å². The summed E-state index contributed by atoms with van der Waals surface area (Å²) in [7, 11) is 1.77. The van der Waals surface area contributed by atoms with Gasteiger partial charge in [-0.15, -0.1) is 0 Å². The van der Waals surface area contributed by atoms with Crippen molar-refractivity contribution in [2.24, 2.45) is 5.73 Å². The molecule has 0 heterocycles. The Morgan fingerprint density at radius 3 is 2.17 bits per heavy atom. The molecule has 2 heteroatoms. The second kappa shape index (κ2) is 7.56. The molecule has 0 amide bonds. The smallest absolute Gasteiger partial charge is 0.0543 e. The predicted molar refractivity (Wildman–Crippen MR) is 53.2 cm³/mol. The van der Waals surface area contributed by atoms with Crippen molar-refractivity contribution in [2.75, 3.05) is 7.11 Å². The SMILES string of the molecule is COC(C)CCCCCC(C)N. The van der Waals surface area contributed by atoms with Crippen molar-refractivity contribution in [2.45, 2.75) is 58.1 Å². The summed E-state index contributed by atoms with van der Waals surface area (Å²) >= 11 is 0. The van der Waals surface area contributed by atoms with E-state index in [1.54, 1.807) is 7.11 Å². The minimum atomic E-state index is 0.366. The van der Waals surface area contributed by atoms with Gasteiger partial charge in [-0.3, -0.25) is 0 Å². The average molecular weight is 173 g/mol. The minimum absolute atomic E-state index is 0.366. The molecule has 0 aromatic heterocycles. The van der Waals surface area contributed by atoms with Gasteiger partial charge in [-0.05, 0) is 26.7 Å². The summed E-state index contributed by atoms with van der Waals surface area (Å²) in [5.41, 5.74) is 5.64. The zero-order chi connectivity index (χ0) is 9.40. The number of rotatable bonds is 7.